The summed E-state index contributed by atoms with van der Waals surface area (Å²) in [6, 6.07) is -0.907. The number of carbonyl (C=O) groups is 1. The van der Waals surface area contributed by atoms with E-state index in [9.17, 15) is 19.4 Å². The number of allylic oxidation sites excluding steroid dienone is 15. The maximum absolute atomic E-state index is 12.8. The summed E-state index contributed by atoms with van der Waals surface area (Å²) in [4.78, 5) is 22.7. The van der Waals surface area contributed by atoms with Gasteiger partial charge < -0.3 is 21.1 Å². The molecule has 0 aliphatic heterocycles. The highest BCUT2D eigenvalue weighted by Gasteiger charge is 2.26. The van der Waals surface area contributed by atoms with Crippen molar-refractivity contribution in [3.05, 3.63) is 97.2 Å². The van der Waals surface area contributed by atoms with E-state index in [1.54, 1.807) is 6.08 Å². The summed E-state index contributed by atoms with van der Waals surface area (Å²) >= 11 is 0. The van der Waals surface area contributed by atoms with Crippen LogP contribution in [0.1, 0.15) is 168 Å². The minimum Gasteiger partial charge on any atom is -0.387 e. The van der Waals surface area contributed by atoms with Gasteiger partial charge >= 0.3 is 7.82 Å². The molecule has 0 saturated carbocycles. The van der Waals surface area contributed by atoms with Gasteiger partial charge in [0, 0.05) is 13.0 Å². The zero-order valence-corrected chi connectivity index (χ0v) is 36.9. The van der Waals surface area contributed by atoms with Gasteiger partial charge in [0.2, 0.25) is 5.91 Å². The van der Waals surface area contributed by atoms with Crippen LogP contribution >= 0.6 is 7.82 Å². The summed E-state index contributed by atoms with van der Waals surface area (Å²) < 4.78 is 22.1. The molecule has 326 valence electrons. The fourth-order valence-electron chi connectivity index (χ4n) is 5.80. The van der Waals surface area contributed by atoms with Crippen LogP contribution in [0.15, 0.2) is 97.2 Å². The number of amides is 1. The van der Waals surface area contributed by atoms with Crippen LogP contribution in [-0.2, 0) is 18.4 Å². The molecule has 0 radical (unpaired) electrons. The van der Waals surface area contributed by atoms with Crippen molar-refractivity contribution >= 4 is 13.7 Å². The molecule has 9 heteroatoms. The molecule has 0 bridgehead atoms. The Kier molecular flexibility index (Phi) is 41.1. The third kappa shape index (κ3) is 41.4. The van der Waals surface area contributed by atoms with Gasteiger partial charge in [0.15, 0.2) is 0 Å². The van der Waals surface area contributed by atoms with Crippen LogP contribution in [0.3, 0.4) is 0 Å². The van der Waals surface area contributed by atoms with Crippen molar-refractivity contribution in [2.24, 2.45) is 5.73 Å². The topological polar surface area (TPSA) is 131 Å². The number of aliphatic hydroxyl groups is 1. The molecule has 0 aliphatic carbocycles. The van der Waals surface area contributed by atoms with Gasteiger partial charge in [-0.25, -0.2) is 4.57 Å². The monoisotopic (exact) mass is 815 g/mol. The molecule has 3 atom stereocenters. The summed E-state index contributed by atoms with van der Waals surface area (Å²) in [5, 5.41) is 13.6. The maximum Gasteiger partial charge on any atom is 0.472 e. The lowest BCUT2D eigenvalue weighted by molar-refractivity contribution is -0.123. The van der Waals surface area contributed by atoms with Crippen LogP contribution in [0.25, 0.3) is 0 Å². The third-order valence-electron chi connectivity index (χ3n) is 9.14. The van der Waals surface area contributed by atoms with Crippen LogP contribution in [0.2, 0.25) is 0 Å². The second-order valence-electron chi connectivity index (χ2n) is 14.5. The first-order chi connectivity index (χ1) is 27.9. The average molecular weight is 815 g/mol. The van der Waals surface area contributed by atoms with Crippen LogP contribution in [-0.4, -0.2) is 47.8 Å². The summed E-state index contributed by atoms with van der Waals surface area (Å²) in [5.74, 6) is -0.250. The lowest BCUT2D eigenvalue weighted by atomic mass is 10.1. The van der Waals surface area contributed by atoms with E-state index in [0.29, 0.717) is 6.42 Å². The molecule has 0 fully saturated rings. The zero-order valence-electron chi connectivity index (χ0n) is 36.0. The molecule has 3 unspecified atom stereocenters. The standard InChI is InChI=1S/C48H83N2O6P/c1-3-5-7-9-11-13-15-17-19-21-22-23-24-26-28-30-32-34-36-38-40-42-48(52)50-46(45-56-57(53,54)55-44-43-49)47(51)41-39-37-35-33-31-29-27-25-20-18-16-14-12-10-8-6-4-2/h5,7,11,13,17,19,22-23,26,28,31-34,39,41,46-47,51H,3-4,6,8-10,12,14-16,18,20-21,24-25,27,29-30,35-38,40,42-45,49H2,1-2H3,(H,50,52)(H,53,54)/b7-5-,13-11-,19-17-,23-22-,28-26-,33-31+,34-32-,41-39+. The lowest BCUT2D eigenvalue weighted by Crippen LogP contribution is -2.45. The van der Waals surface area contributed by atoms with Crippen LogP contribution < -0.4 is 11.1 Å². The molecule has 0 heterocycles. The number of hydrogen-bond acceptors (Lipinski definition) is 6. The molecule has 0 aromatic rings. The van der Waals surface area contributed by atoms with Gasteiger partial charge in [0.05, 0.1) is 25.4 Å². The van der Waals surface area contributed by atoms with E-state index in [0.717, 1.165) is 70.6 Å². The number of nitrogens with two attached hydrogens (primary N) is 1. The largest absolute Gasteiger partial charge is 0.472 e. The number of nitrogens with one attached hydrogen (secondary N) is 1. The van der Waals surface area contributed by atoms with Crippen LogP contribution in [0.4, 0.5) is 0 Å². The Labute approximate surface area is 349 Å². The Bertz CT molecular complexity index is 1210. The second kappa shape index (κ2) is 43.0. The first kappa shape index (κ1) is 54.4. The van der Waals surface area contributed by atoms with Gasteiger partial charge in [-0.1, -0.05) is 175 Å². The Hall–Kier alpha value is -2.58. The molecule has 0 spiro atoms. The van der Waals surface area contributed by atoms with E-state index in [-0.39, 0.29) is 32.1 Å². The molecule has 8 nitrogen and oxygen atoms in total. The van der Waals surface area contributed by atoms with Crippen molar-refractivity contribution in [1.82, 2.24) is 5.32 Å². The van der Waals surface area contributed by atoms with Crippen molar-refractivity contribution < 1.29 is 28.4 Å². The summed E-state index contributed by atoms with van der Waals surface area (Å²) in [6.07, 6.45) is 58.9. The summed E-state index contributed by atoms with van der Waals surface area (Å²) in [6.45, 7) is 3.95. The Morgan fingerprint density at radius 1 is 0.596 bits per heavy atom. The predicted molar refractivity (Wildman–Crippen MR) is 244 cm³/mol. The molecule has 0 saturated heterocycles. The molecule has 0 rings (SSSR count). The van der Waals surface area contributed by atoms with Crippen molar-refractivity contribution in [3.63, 3.8) is 0 Å². The highest BCUT2D eigenvalue weighted by molar-refractivity contribution is 7.47. The quantitative estimate of drug-likeness (QED) is 0.0275. The Balaban J connectivity index is 4.37. The number of phosphoric acid groups is 1. The van der Waals surface area contributed by atoms with Gasteiger partial charge in [-0.15, -0.1) is 0 Å². The average Bonchev–Trinajstić information content (AvgIpc) is 3.20. The molecular formula is C48H83N2O6P. The van der Waals surface area contributed by atoms with E-state index in [1.807, 2.05) is 6.08 Å². The normalized spacial score (nSPS) is 15.0. The third-order valence-corrected chi connectivity index (χ3v) is 10.1. The molecule has 57 heavy (non-hydrogen) atoms. The number of phosphoric ester groups is 1. The second-order valence-corrected chi connectivity index (χ2v) is 16.0. The van der Waals surface area contributed by atoms with Crippen LogP contribution in [0.5, 0.6) is 0 Å². The number of carbonyl (C=O) groups excluding carboxylic acids is 1. The van der Waals surface area contributed by atoms with E-state index >= 15 is 0 Å². The number of hydrogen-bond donors (Lipinski definition) is 4. The first-order valence-corrected chi connectivity index (χ1v) is 23.9. The van der Waals surface area contributed by atoms with E-state index < -0.39 is 20.0 Å². The molecular weight excluding hydrogens is 732 g/mol. The van der Waals surface area contributed by atoms with Crippen molar-refractivity contribution in [1.29, 1.82) is 0 Å². The van der Waals surface area contributed by atoms with Gasteiger partial charge in [-0.2, -0.15) is 0 Å². The lowest BCUT2D eigenvalue weighted by Gasteiger charge is -2.23. The molecule has 1 amide bonds. The molecule has 0 aromatic heterocycles. The smallest absolute Gasteiger partial charge is 0.387 e. The fourth-order valence-corrected chi connectivity index (χ4v) is 6.56. The SMILES string of the molecule is CC/C=C\C/C=C\C/C=C\C/C=C\C/C=C\C/C=C\CCCCC(=O)NC(COP(=O)(O)OCCN)C(O)/C=C/CC/C=C/CCCCCCCCCCCCC. The molecule has 0 aliphatic rings. The van der Waals surface area contributed by atoms with Crippen LogP contribution in [0, 0.1) is 0 Å². The Morgan fingerprint density at radius 2 is 1.04 bits per heavy atom. The first-order valence-electron chi connectivity index (χ1n) is 22.4. The minimum atomic E-state index is -4.37. The minimum absolute atomic E-state index is 0.0613. The zero-order chi connectivity index (χ0) is 41.8. The van der Waals surface area contributed by atoms with E-state index in [2.05, 4.69) is 104 Å². The van der Waals surface area contributed by atoms with Gasteiger partial charge in [0.25, 0.3) is 0 Å². The van der Waals surface area contributed by atoms with Gasteiger partial charge in [-0.05, 0) is 83.5 Å². The highest BCUT2D eigenvalue weighted by atomic mass is 31.2. The summed E-state index contributed by atoms with van der Waals surface area (Å²) in [5.41, 5.74) is 5.37. The van der Waals surface area contributed by atoms with Crippen molar-refractivity contribution in [3.8, 4) is 0 Å². The number of aliphatic hydroxyl groups excluding tert-OH is 1. The highest BCUT2D eigenvalue weighted by Crippen LogP contribution is 2.43. The number of unbranched alkanes of at least 4 members (excludes halogenated alkanes) is 14. The van der Waals surface area contributed by atoms with E-state index in [1.165, 1.54) is 70.6 Å². The van der Waals surface area contributed by atoms with Crippen molar-refractivity contribution in [2.75, 3.05) is 19.8 Å². The van der Waals surface area contributed by atoms with Gasteiger partial charge in [0.1, 0.15) is 0 Å². The fraction of sp³-hybridized carbons (Fsp3) is 0.646. The summed E-state index contributed by atoms with van der Waals surface area (Å²) in [7, 11) is -4.37. The number of rotatable bonds is 40. The predicted octanol–water partition coefficient (Wildman–Crippen LogP) is 12.8. The van der Waals surface area contributed by atoms with E-state index in [4.69, 9.17) is 14.8 Å². The van der Waals surface area contributed by atoms with Gasteiger partial charge in [-0.3, -0.25) is 13.8 Å². The van der Waals surface area contributed by atoms with Crippen molar-refractivity contribution in [2.45, 2.75) is 180 Å². The molecule has 5 N–H and O–H groups in total. The maximum atomic E-state index is 12.8. The Morgan fingerprint density at radius 3 is 1.56 bits per heavy atom. The molecule has 0 aromatic carbocycles.